The van der Waals surface area contributed by atoms with Crippen molar-refractivity contribution in [1.82, 2.24) is 19.4 Å². The number of hydrogen-bond acceptors (Lipinski definition) is 5. The number of aromatic nitrogens is 2. The van der Waals surface area contributed by atoms with E-state index in [2.05, 4.69) is 5.32 Å². The van der Waals surface area contributed by atoms with E-state index in [1.165, 1.54) is 22.6 Å². The van der Waals surface area contributed by atoms with Gasteiger partial charge >= 0.3 is 12.4 Å². The maximum absolute atomic E-state index is 13.8. The predicted octanol–water partition coefficient (Wildman–Crippen LogP) is 3.56. The second kappa shape index (κ2) is 11.7. The Hall–Kier alpha value is -4.01. The number of aryl methyl sites for hydroxylation is 2. The lowest BCUT2D eigenvalue weighted by Gasteiger charge is -2.32. The number of pyridine rings is 1. The van der Waals surface area contributed by atoms with Crippen molar-refractivity contribution in [1.29, 1.82) is 0 Å². The number of hydrogen-bond donors (Lipinski definition) is 2. The van der Waals surface area contributed by atoms with Crippen molar-refractivity contribution in [2.24, 2.45) is 7.05 Å². The lowest BCUT2D eigenvalue weighted by atomic mass is 10.0. The minimum Gasteiger partial charge on any atom is -0.481 e. The molecule has 228 valence electrons. The standard InChI is InChI=1S/C27H28F6N4O5/c1-3-17-12-19-21(25(41)37(17)18-6-4-15(5-7-18)27(31,32)33)23(42-14-26(28,29)30)22(35(19)2)24(40)34-16-8-10-36(11-9-16)20(39)13-38/h4-7,12,16,38H,3,8-11,13-14H2,1-2H3,(H,34,40). The Balaban J connectivity index is 1.80. The van der Waals surface area contributed by atoms with E-state index in [-0.39, 0.29) is 41.8 Å². The number of halogens is 6. The second-order valence-electron chi connectivity index (χ2n) is 9.86. The fourth-order valence-electron chi connectivity index (χ4n) is 5.04. The van der Waals surface area contributed by atoms with E-state index in [1.54, 1.807) is 6.92 Å². The van der Waals surface area contributed by atoms with Gasteiger partial charge in [0.2, 0.25) is 5.91 Å². The number of rotatable bonds is 7. The lowest BCUT2D eigenvalue weighted by Crippen LogP contribution is -2.47. The molecule has 2 N–H and O–H groups in total. The zero-order chi connectivity index (χ0) is 31.0. The molecule has 1 saturated heterocycles. The van der Waals surface area contributed by atoms with Crippen molar-refractivity contribution in [2.45, 2.75) is 44.6 Å². The number of aliphatic hydroxyl groups excluding tert-OH is 1. The van der Waals surface area contributed by atoms with Gasteiger partial charge < -0.3 is 24.6 Å². The van der Waals surface area contributed by atoms with E-state index < -0.39 is 60.3 Å². The fourth-order valence-corrected chi connectivity index (χ4v) is 5.04. The molecule has 0 saturated carbocycles. The highest BCUT2D eigenvalue weighted by molar-refractivity contribution is 6.04. The van der Waals surface area contributed by atoms with Gasteiger partial charge in [-0.2, -0.15) is 26.3 Å². The Bertz CT molecular complexity index is 1530. The SMILES string of the molecule is CCc1cc2c(c(OCC(F)(F)F)c(C(=O)NC3CCN(C(=O)CO)CC3)n2C)c(=O)n1-c1ccc(C(F)(F)F)cc1. The van der Waals surface area contributed by atoms with Crippen LogP contribution in [0.3, 0.4) is 0 Å². The van der Waals surface area contributed by atoms with Crippen LogP contribution in [-0.4, -0.2) is 69.5 Å². The third-order valence-corrected chi connectivity index (χ3v) is 7.13. The summed E-state index contributed by atoms with van der Waals surface area (Å²) in [6.07, 6.45) is -8.56. The number of carbonyl (C=O) groups is 2. The fraction of sp³-hybridized carbons (Fsp3) is 0.444. The van der Waals surface area contributed by atoms with E-state index in [0.29, 0.717) is 18.5 Å². The molecule has 2 aromatic heterocycles. The number of nitrogens with one attached hydrogen (secondary N) is 1. The molecule has 0 spiro atoms. The summed E-state index contributed by atoms with van der Waals surface area (Å²) in [5.41, 5.74) is -1.67. The van der Waals surface area contributed by atoms with Crippen LogP contribution in [0.5, 0.6) is 5.75 Å². The molecule has 2 amide bonds. The quantitative estimate of drug-likeness (QED) is 0.403. The van der Waals surface area contributed by atoms with Crippen LogP contribution >= 0.6 is 0 Å². The molecule has 42 heavy (non-hydrogen) atoms. The summed E-state index contributed by atoms with van der Waals surface area (Å²) >= 11 is 0. The average molecular weight is 603 g/mol. The second-order valence-corrected chi connectivity index (χ2v) is 9.86. The summed E-state index contributed by atoms with van der Waals surface area (Å²) in [4.78, 5) is 40.4. The Kier molecular flexibility index (Phi) is 8.62. The van der Waals surface area contributed by atoms with Crippen LogP contribution in [0.15, 0.2) is 35.1 Å². The van der Waals surface area contributed by atoms with Crippen LogP contribution in [0.25, 0.3) is 16.6 Å². The highest BCUT2D eigenvalue weighted by atomic mass is 19.4. The number of likely N-dealkylation sites (tertiary alicyclic amines) is 1. The van der Waals surface area contributed by atoms with Gasteiger partial charge in [0.15, 0.2) is 18.1 Å². The molecular formula is C27H28F6N4O5. The number of nitrogens with zero attached hydrogens (tertiary/aromatic N) is 3. The molecule has 0 unspecified atom stereocenters. The van der Waals surface area contributed by atoms with Crippen molar-refractivity contribution < 1.29 is 45.8 Å². The number of fused-ring (bicyclic) bond motifs is 1. The van der Waals surface area contributed by atoms with Gasteiger partial charge in [0.1, 0.15) is 12.0 Å². The highest BCUT2D eigenvalue weighted by Crippen LogP contribution is 2.34. The summed E-state index contributed by atoms with van der Waals surface area (Å²) < 4.78 is 86.4. The van der Waals surface area contributed by atoms with Crippen molar-refractivity contribution in [3.05, 3.63) is 57.6 Å². The number of benzene rings is 1. The monoisotopic (exact) mass is 602 g/mol. The zero-order valence-corrected chi connectivity index (χ0v) is 22.6. The van der Waals surface area contributed by atoms with Gasteiger partial charge in [-0.1, -0.05) is 6.92 Å². The van der Waals surface area contributed by atoms with Crippen LogP contribution in [0.1, 0.15) is 41.5 Å². The first-order chi connectivity index (χ1) is 19.7. The number of alkyl halides is 6. The number of ether oxygens (including phenoxy) is 1. The summed E-state index contributed by atoms with van der Waals surface area (Å²) in [7, 11) is 1.39. The third kappa shape index (κ3) is 6.25. The molecule has 3 heterocycles. The van der Waals surface area contributed by atoms with E-state index in [4.69, 9.17) is 9.84 Å². The molecule has 1 fully saturated rings. The summed E-state index contributed by atoms with van der Waals surface area (Å²) in [6, 6.07) is 4.76. The van der Waals surface area contributed by atoms with Crippen molar-refractivity contribution >= 4 is 22.7 Å². The number of carbonyl (C=O) groups excluding carboxylic acids is 2. The van der Waals surface area contributed by atoms with Crippen LogP contribution in [0.4, 0.5) is 26.3 Å². The summed E-state index contributed by atoms with van der Waals surface area (Å²) in [5, 5.41) is 11.4. The molecule has 4 rings (SSSR count). The first-order valence-corrected chi connectivity index (χ1v) is 13.0. The van der Waals surface area contributed by atoms with Gasteiger partial charge in [-0.3, -0.25) is 19.0 Å². The molecule has 3 aromatic rings. The highest BCUT2D eigenvalue weighted by Gasteiger charge is 2.34. The van der Waals surface area contributed by atoms with Crippen molar-refractivity contribution in [3.8, 4) is 11.4 Å². The maximum Gasteiger partial charge on any atom is 0.422 e. The minimum absolute atomic E-state index is 0.0487. The number of piperidine rings is 1. The van der Waals surface area contributed by atoms with E-state index in [1.807, 2.05) is 0 Å². The van der Waals surface area contributed by atoms with E-state index >= 15 is 0 Å². The smallest absolute Gasteiger partial charge is 0.422 e. The predicted molar refractivity (Wildman–Crippen MR) is 139 cm³/mol. The van der Waals surface area contributed by atoms with Gasteiger partial charge in [0, 0.05) is 37.6 Å². The molecule has 1 aliphatic rings. The zero-order valence-electron chi connectivity index (χ0n) is 22.6. The molecule has 0 atom stereocenters. The molecule has 1 aliphatic heterocycles. The van der Waals surface area contributed by atoms with Crippen LogP contribution in [0, 0.1) is 0 Å². The average Bonchev–Trinajstić information content (AvgIpc) is 3.22. The maximum atomic E-state index is 13.8. The Labute approximate surface area is 235 Å². The topological polar surface area (TPSA) is 106 Å². The molecule has 1 aromatic carbocycles. The Morgan fingerprint density at radius 3 is 2.21 bits per heavy atom. The number of aliphatic hydroxyl groups is 1. The first kappa shape index (κ1) is 30.9. The minimum atomic E-state index is -4.81. The van der Waals surface area contributed by atoms with Crippen LogP contribution in [-0.2, 0) is 24.4 Å². The first-order valence-electron chi connectivity index (χ1n) is 13.0. The number of amides is 2. The Morgan fingerprint density at radius 1 is 1.07 bits per heavy atom. The third-order valence-electron chi connectivity index (χ3n) is 7.13. The lowest BCUT2D eigenvalue weighted by molar-refractivity contribution is -0.153. The molecule has 0 radical (unpaired) electrons. The normalized spacial score (nSPS) is 14.8. The van der Waals surface area contributed by atoms with Gasteiger partial charge in [-0.25, -0.2) is 0 Å². The van der Waals surface area contributed by atoms with Gasteiger partial charge in [0.25, 0.3) is 11.5 Å². The van der Waals surface area contributed by atoms with Gasteiger partial charge in [-0.05, 0) is 49.6 Å². The van der Waals surface area contributed by atoms with Crippen LogP contribution < -0.4 is 15.6 Å². The van der Waals surface area contributed by atoms with Gasteiger partial charge in [-0.15, -0.1) is 0 Å². The molecule has 0 bridgehead atoms. The Morgan fingerprint density at radius 2 is 1.69 bits per heavy atom. The van der Waals surface area contributed by atoms with Crippen molar-refractivity contribution in [2.75, 3.05) is 26.3 Å². The molecule has 0 aliphatic carbocycles. The molecule has 9 nitrogen and oxygen atoms in total. The van der Waals surface area contributed by atoms with E-state index in [9.17, 15) is 40.7 Å². The van der Waals surface area contributed by atoms with Crippen LogP contribution in [0.2, 0.25) is 0 Å². The molecular weight excluding hydrogens is 574 g/mol. The summed E-state index contributed by atoms with van der Waals surface area (Å²) in [5.74, 6) is -1.88. The van der Waals surface area contributed by atoms with E-state index in [0.717, 1.165) is 28.8 Å². The summed E-state index contributed by atoms with van der Waals surface area (Å²) in [6.45, 7) is -0.282. The molecule has 15 heteroatoms. The largest absolute Gasteiger partial charge is 0.481 e. The van der Waals surface area contributed by atoms with Gasteiger partial charge in [0.05, 0.1) is 11.1 Å². The van der Waals surface area contributed by atoms with Crippen molar-refractivity contribution in [3.63, 3.8) is 0 Å².